The standard InChI is InChI=1S/C26H22F6N6O2/c1-16-11-36(15-33-16)21-8-7-18(10-23(21)40-14-26(30,31)32)19-12-38(35-34-19)22-9-6-17-4-2-3-5-20(17)37(24(22)39)13-25(27,28)29/h2-5,7-8,10-12,15,22H,6,9,13-14H2,1H3/t22-/m1/s1. The van der Waals surface area contributed by atoms with Crippen LogP contribution >= 0.6 is 0 Å². The van der Waals surface area contributed by atoms with E-state index in [9.17, 15) is 31.1 Å². The lowest BCUT2D eigenvalue weighted by Crippen LogP contribution is -2.42. The van der Waals surface area contributed by atoms with Crippen LogP contribution < -0.4 is 9.64 Å². The summed E-state index contributed by atoms with van der Waals surface area (Å²) in [4.78, 5) is 18.2. The highest BCUT2D eigenvalue weighted by Crippen LogP contribution is 2.35. The number of para-hydroxylation sites is 1. The second-order valence-electron chi connectivity index (χ2n) is 9.32. The summed E-state index contributed by atoms with van der Waals surface area (Å²) in [5, 5.41) is 8.06. The van der Waals surface area contributed by atoms with Crippen molar-refractivity contribution in [3.05, 3.63) is 72.4 Å². The minimum absolute atomic E-state index is 0.0980. The molecule has 4 aromatic rings. The van der Waals surface area contributed by atoms with Crippen LogP contribution in [0, 0.1) is 6.92 Å². The van der Waals surface area contributed by atoms with Gasteiger partial charge in [0.1, 0.15) is 24.0 Å². The van der Waals surface area contributed by atoms with Gasteiger partial charge in [0.05, 0.1) is 23.9 Å². The number of halogens is 6. The summed E-state index contributed by atoms with van der Waals surface area (Å²) < 4.78 is 86.8. The van der Waals surface area contributed by atoms with Gasteiger partial charge in [-0.3, -0.25) is 4.79 Å². The SMILES string of the molecule is Cc1cn(-c2ccc(-c3cn([C@@H]4CCc5ccccc5N(CC(F)(F)F)C4=O)nn3)cc2OCC(F)(F)F)cn1. The van der Waals surface area contributed by atoms with Gasteiger partial charge in [-0.15, -0.1) is 5.10 Å². The summed E-state index contributed by atoms with van der Waals surface area (Å²) in [6.45, 7) is -1.27. The topological polar surface area (TPSA) is 78.1 Å². The highest BCUT2D eigenvalue weighted by molar-refractivity contribution is 5.97. The quantitative estimate of drug-likeness (QED) is 0.291. The summed E-state index contributed by atoms with van der Waals surface area (Å²) in [6.07, 6.45) is -4.28. The fourth-order valence-electron chi connectivity index (χ4n) is 4.56. The van der Waals surface area contributed by atoms with Gasteiger partial charge in [-0.05, 0) is 43.5 Å². The van der Waals surface area contributed by atoms with Crippen LogP contribution in [-0.2, 0) is 11.2 Å². The number of nitrogens with zero attached hydrogens (tertiary/aromatic N) is 6. The number of hydrogen-bond donors (Lipinski definition) is 0. The Morgan fingerprint density at radius 1 is 1.00 bits per heavy atom. The molecule has 0 saturated heterocycles. The number of hydrogen-bond acceptors (Lipinski definition) is 5. The van der Waals surface area contributed by atoms with Crippen molar-refractivity contribution < 1.29 is 35.9 Å². The minimum Gasteiger partial charge on any atom is -0.482 e. The number of aryl methyl sites for hydroxylation is 2. The number of anilines is 1. The number of imidazole rings is 1. The smallest absolute Gasteiger partial charge is 0.422 e. The third-order valence-corrected chi connectivity index (χ3v) is 6.32. The predicted molar refractivity (Wildman–Crippen MR) is 131 cm³/mol. The summed E-state index contributed by atoms with van der Waals surface area (Å²) in [7, 11) is 0. The zero-order chi connectivity index (χ0) is 28.7. The molecule has 40 heavy (non-hydrogen) atoms. The molecule has 0 radical (unpaired) electrons. The molecule has 0 N–H and O–H groups in total. The van der Waals surface area contributed by atoms with Crippen LogP contribution in [0.1, 0.15) is 23.7 Å². The number of rotatable bonds is 6. The molecule has 5 rings (SSSR count). The molecule has 1 aliphatic heterocycles. The fourth-order valence-corrected chi connectivity index (χ4v) is 4.56. The lowest BCUT2D eigenvalue weighted by Gasteiger charge is -2.26. The maximum absolute atomic E-state index is 13.4. The van der Waals surface area contributed by atoms with E-state index in [0.29, 0.717) is 33.8 Å². The first-order valence-electron chi connectivity index (χ1n) is 12.1. The van der Waals surface area contributed by atoms with Gasteiger partial charge < -0.3 is 14.2 Å². The molecule has 0 aliphatic carbocycles. The molecule has 8 nitrogen and oxygen atoms in total. The van der Waals surface area contributed by atoms with Crippen LogP contribution in [-0.4, -0.2) is 56.0 Å². The Balaban J connectivity index is 1.47. The van der Waals surface area contributed by atoms with E-state index in [2.05, 4.69) is 15.3 Å². The number of aromatic nitrogens is 5. The number of carbonyl (C=O) groups is 1. The van der Waals surface area contributed by atoms with E-state index < -0.39 is 37.5 Å². The lowest BCUT2D eigenvalue weighted by molar-refractivity contribution is -0.153. The second-order valence-corrected chi connectivity index (χ2v) is 9.32. The molecule has 1 aliphatic rings. The van der Waals surface area contributed by atoms with Crippen LogP contribution in [0.4, 0.5) is 32.0 Å². The van der Waals surface area contributed by atoms with Gasteiger partial charge in [-0.25, -0.2) is 9.67 Å². The van der Waals surface area contributed by atoms with Crippen molar-refractivity contribution in [1.82, 2.24) is 24.5 Å². The van der Waals surface area contributed by atoms with Crippen molar-refractivity contribution in [2.24, 2.45) is 0 Å². The third kappa shape index (κ3) is 5.95. The fraction of sp³-hybridized carbons (Fsp3) is 0.308. The summed E-state index contributed by atoms with van der Waals surface area (Å²) in [6, 6.07) is 9.79. The first-order valence-corrected chi connectivity index (χ1v) is 12.1. The second kappa shape index (κ2) is 10.3. The van der Waals surface area contributed by atoms with Crippen molar-refractivity contribution in [3.8, 4) is 22.7 Å². The molecule has 1 atom stereocenters. The Bertz CT molecular complexity index is 1530. The molecule has 2 aromatic heterocycles. The monoisotopic (exact) mass is 564 g/mol. The number of carbonyl (C=O) groups excluding carboxylic acids is 1. The summed E-state index contributed by atoms with van der Waals surface area (Å²) in [5.74, 6) is -0.891. The lowest BCUT2D eigenvalue weighted by atomic mass is 10.1. The molecule has 0 fully saturated rings. The van der Waals surface area contributed by atoms with Crippen LogP contribution in [0.25, 0.3) is 16.9 Å². The zero-order valence-electron chi connectivity index (χ0n) is 20.9. The molecule has 1 amide bonds. The van der Waals surface area contributed by atoms with E-state index in [4.69, 9.17) is 4.74 Å². The van der Waals surface area contributed by atoms with E-state index in [1.54, 1.807) is 37.4 Å². The molecule has 2 aromatic carbocycles. The number of benzene rings is 2. The van der Waals surface area contributed by atoms with Gasteiger partial charge in [0.15, 0.2) is 6.61 Å². The first-order chi connectivity index (χ1) is 18.9. The van der Waals surface area contributed by atoms with Gasteiger partial charge in [-0.2, -0.15) is 26.3 Å². The molecule has 0 saturated carbocycles. The third-order valence-electron chi connectivity index (χ3n) is 6.32. The number of fused-ring (bicyclic) bond motifs is 1. The normalized spacial score (nSPS) is 16.1. The van der Waals surface area contributed by atoms with Gasteiger partial charge in [-0.1, -0.05) is 29.5 Å². The highest BCUT2D eigenvalue weighted by atomic mass is 19.4. The molecular weight excluding hydrogens is 542 g/mol. The number of ether oxygens (including phenoxy) is 1. The van der Waals surface area contributed by atoms with Gasteiger partial charge in [0.25, 0.3) is 5.91 Å². The van der Waals surface area contributed by atoms with Crippen molar-refractivity contribution >= 4 is 11.6 Å². The molecular formula is C26H22F6N6O2. The van der Waals surface area contributed by atoms with Crippen molar-refractivity contribution in [2.75, 3.05) is 18.1 Å². The Hall–Kier alpha value is -4.36. The van der Waals surface area contributed by atoms with Crippen LogP contribution in [0.5, 0.6) is 5.75 Å². The van der Waals surface area contributed by atoms with E-state index in [1.807, 2.05) is 0 Å². The van der Waals surface area contributed by atoms with Gasteiger partial charge in [0.2, 0.25) is 0 Å². The van der Waals surface area contributed by atoms with Crippen LogP contribution in [0.15, 0.2) is 61.2 Å². The Kier molecular flexibility index (Phi) is 7.02. The Morgan fingerprint density at radius 2 is 1.77 bits per heavy atom. The maximum atomic E-state index is 13.4. The largest absolute Gasteiger partial charge is 0.482 e. The van der Waals surface area contributed by atoms with E-state index in [0.717, 1.165) is 0 Å². The van der Waals surface area contributed by atoms with E-state index >= 15 is 0 Å². The Labute approximate surface area is 223 Å². The van der Waals surface area contributed by atoms with Crippen LogP contribution in [0.2, 0.25) is 0 Å². The minimum atomic E-state index is -4.63. The number of alkyl halides is 6. The van der Waals surface area contributed by atoms with Crippen molar-refractivity contribution in [2.45, 2.75) is 38.2 Å². The Morgan fingerprint density at radius 3 is 2.48 bits per heavy atom. The maximum Gasteiger partial charge on any atom is 0.422 e. The summed E-state index contributed by atoms with van der Waals surface area (Å²) >= 11 is 0. The van der Waals surface area contributed by atoms with Crippen LogP contribution in [0.3, 0.4) is 0 Å². The molecule has 0 unspecified atom stereocenters. The number of amides is 1. The first kappa shape index (κ1) is 27.2. The average molecular weight is 564 g/mol. The molecule has 0 spiro atoms. The highest BCUT2D eigenvalue weighted by Gasteiger charge is 2.39. The van der Waals surface area contributed by atoms with E-state index in [-0.39, 0.29) is 23.6 Å². The molecule has 3 heterocycles. The molecule has 0 bridgehead atoms. The zero-order valence-corrected chi connectivity index (χ0v) is 20.9. The van der Waals surface area contributed by atoms with Gasteiger partial charge >= 0.3 is 12.4 Å². The summed E-state index contributed by atoms with van der Waals surface area (Å²) in [5.41, 5.74) is 2.26. The molecule has 14 heteroatoms. The molecule has 210 valence electrons. The predicted octanol–water partition coefficient (Wildman–Crippen LogP) is 5.46. The van der Waals surface area contributed by atoms with Gasteiger partial charge in [0, 0.05) is 17.4 Å². The van der Waals surface area contributed by atoms with Crippen molar-refractivity contribution in [1.29, 1.82) is 0 Å². The van der Waals surface area contributed by atoms with Crippen molar-refractivity contribution in [3.63, 3.8) is 0 Å². The average Bonchev–Trinajstić information content (AvgIpc) is 3.52. The van der Waals surface area contributed by atoms with E-state index in [1.165, 1.54) is 40.0 Å².